The Morgan fingerprint density at radius 3 is 2.69 bits per heavy atom. The molecule has 2 atom stereocenters. The van der Waals surface area contributed by atoms with Gasteiger partial charge in [-0.15, -0.1) is 0 Å². The second kappa shape index (κ2) is 4.34. The van der Waals surface area contributed by atoms with Crippen LogP contribution in [-0.4, -0.2) is 17.3 Å². The van der Waals surface area contributed by atoms with E-state index in [4.69, 9.17) is 15.0 Å². The lowest BCUT2D eigenvalue weighted by molar-refractivity contribution is 0.0903. The molecule has 0 aliphatic carbocycles. The Balaban J connectivity index is 2.78. The SMILES string of the molecule is CCC(OC)c1noc(C(C)N)n1. The van der Waals surface area contributed by atoms with E-state index in [1.54, 1.807) is 14.0 Å². The molecular weight excluding hydrogens is 170 g/mol. The molecular formula is C8H15N3O2. The fraction of sp³-hybridized carbons (Fsp3) is 0.750. The van der Waals surface area contributed by atoms with E-state index in [-0.39, 0.29) is 12.1 Å². The van der Waals surface area contributed by atoms with Crippen LogP contribution < -0.4 is 5.73 Å². The Kier molecular flexibility index (Phi) is 3.39. The maximum atomic E-state index is 5.57. The van der Waals surface area contributed by atoms with Crippen LogP contribution in [0.4, 0.5) is 0 Å². The molecule has 1 heterocycles. The third-order valence-electron chi connectivity index (χ3n) is 1.79. The molecule has 0 spiro atoms. The highest BCUT2D eigenvalue weighted by atomic mass is 16.5. The number of hydrogen-bond acceptors (Lipinski definition) is 5. The summed E-state index contributed by atoms with van der Waals surface area (Å²) in [6.07, 6.45) is 0.713. The fourth-order valence-corrected chi connectivity index (χ4v) is 1.02. The summed E-state index contributed by atoms with van der Waals surface area (Å²) in [5, 5.41) is 3.79. The van der Waals surface area contributed by atoms with Gasteiger partial charge < -0.3 is 15.0 Å². The summed E-state index contributed by atoms with van der Waals surface area (Å²) in [4.78, 5) is 4.12. The summed E-state index contributed by atoms with van der Waals surface area (Å²) < 4.78 is 10.1. The maximum Gasteiger partial charge on any atom is 0.243 e. The second-order valence-corrected chi connectivity index (χ2v) is 2.91. The average Bonchev–Trinajstić information content (AvgIpc) is 2.56. The molecule has 0 saturated carbocycles. The first kappa shape index (κ1) is 10.1. The van der Waals surface area contributed by atoms with Gasteiger partial charge in [0, 0.05) is 7.11 Å². The Labute approximate surface area is 77.3 Å². The maximum absolute atomic E-state index is 5.57. The lowest BCUT2D eigenvalue weighted by atomic mass is 10.2. The van der Waals surface area contributed by atoms with Crippen LogP contribution in [-0.2, 0) is 4.74 Å². The third kappa shape index (κ3) is 2.26. The molecule has 0 aliphatic rings. The van der Waals surface area contributed by atoms with Gasteiger partial charge in [0.1, 0.15) is 6.10 Å². The number of rotatable bonds is 4. The van der Waals surface area contributed by atoms with Crippen LogP contribution in [0.25, 0.3) is 0 Å². The highest BCUT2D eigenvalue weighted by Crippen LogP contribution is 2.17. The fourth-order valence-electron chi connectivity index (χ4n) is 1.02. The summed E-state index contributed by atoms with van der Waals surface area (Å²) in [6, 6.07) is -0.226. The zero-order valence-corrected chi connectivity index (χ0v) is 8.15. The number of hydrogen-bond donors (Lipinski definition) is 1. The number of ether oxygens (including phenoxy) is 1. The van der Waals surface area contributed by atoms with E-state index in [9.17, 15) is 0 Å². The van der Waals surface area contributed by atoms with Gasteiger partial charge in [-0.1, -0.05) is 12.1 Å². The van der Waals surface area contributed by atoms with Crippen molar-refractivity contribution in [2.75, 3.05) is 7.11 Å². The summed E-state index contributed by atoms with van der Waals surface area (Å²) in [7, 11) is 1.62. The predicted octanol–water partition coefficient (Wildman–Crippen LogP) is 1.19. The molecule has 0 saturated heterocycles. The Morgan fingerprint density at radius 2 is 2.31 bits per heavy atom. The number of nitrogens with zero attached hydrogens (tertiary/aromatic N) is 2. The molecule has 5 nitrogen and oxygen atoms in total. The molecule has 0 radical (unpaired) electrons. The van der Waals surface area contributed by atoms with Crippen molar-refractivity contribution in [1.82, 2.24) is 10.1 Å². The molecule has 0 bridgehead atoms. The van der Waals surface area contributed by atoms with Gasteiger partial charge in [0.15, 0.2) is 0 Å². The standard InChI is InChI=1S/C8H15N3O2/c1-4-6(12-3)7-10-8(5(2)9)13-11-7/h5-6H,4,9H2,1-3H3. The average molecular weight is 185 g/mol. The summed E-state index contributed by atoms with van der Waals surface area (Å²) in [5.41, 5.74) is 5.57. The summed E-state index contributed by atoms with van der Waals surface area (Å²) in [5.74, 6) is 1.02. The third-order valence-corrected chi connectivity index (χ3v) is 1.79. The van der Waals surface area contributed by atoms with Crippen molar-refractivity contribution in [3.63, 3.8) is 0 Å². The van der Waals surface area contributed by atoms with Crippen LogP contribution in [0.5, 0.6) is 0 Å². The van der Waals surface area contributed by atoms with Crippen LogP contribution in [0.1, 0.15) is 44.1 Å². The Bertz CT molecular complexity index is 256. The van der Waals surface area contributed by atoms with E-state index in [0.29, 0.717) is 11.7 Å². The summed E-state index contributed by atoms with van der Waals surface area (Å²) >= 11 is 0. The molecule has 74 valence electrons. The zero-order valence-electron chi connectivity index (χ0n) is 8.15. The van der Waals surface area contributed by atoms with Crippen LogP contribution in [0.3, 0.4) is 0 Å². The molecule has 0 amide bonds. The smallest absolute Gasteiger partial charge is 0.243 e. The molecule has 1 rings (SSSR count). The minimum atomic E-state index is -0.226. The first-order valence-corrected chi connectivity index (χ1v) is 4.30. The Morgan fingerprint density at radius 1 is 1.62 bits per heavy atom. The van der Waals surface area contributed by atoms with E-state index in [1.807, 2.05) is 6.92 Å². The molecule has 0 aliphatic heterocycles. The molecule has 2 N–H and O–H groups in total. The number of methoxy groups -OCH3 is 1. The van der Waals surface area contributed by atoms with Crippen LogP contribution in [0, 0.1) is 0 Å². The van der Waals surface area contributed by atoms with Gasteiger partial charge in [-0.3, -0.25) is 0 Å². The quantitative estimate of drug-likeness (QED) is 0.762. The molecule has 0 aromatic carbocycles. The molecule has 1 aromatic rings. The highest BCUT2D eigenvalue weighted by Gasteiger charge is 2.17. The largest absolute Gasteiger partial charge is 0.373 e. The first-order chi connectivity index (χ1) is 6.19. The van der Waals surface area contributed by atoms with Gasteiger partial charge in [0.05, 0.1) is 6.04 Å². The van der Waals surface area contributed by atoms with Gasteiger partial charge in [-0.05, 0) is 13.3 Å². The van der Waals surface area contributed by atoms with Gasteiger partial charge in [0.25, 0.3) is 0 Å². The highest BCUT2D eigenvalue weighted by molar-refractivity contribution is 4.93. The van der Waals surface area contributed by atoms with Crippen molar-refractivity contribution in [2.24, 2.45) is 5.73 Å². The van der Waals surface area contributed by atoms with E-state index in [2.05, 4.69) is 10.1 Å². The minimum absolute atomic E-state index is 0.101. The normalized spacial score (nSPS) is 15.7. The molecule has 13 heavy (non-hydrogen) atoms. The number of aromatic nitrogens is 2. The lowest BCUT2D eigenvalue weighted by Crippen LogP contribution is -2.06. The Hall–Kier alpha value is -0.940. The predicted molar refractivity (Wildman–Crippen MR) is 46.9 cm³/mol. The lowest BCUT2D eigenvalue weighted by Gasteiger charge is -2.06. The molecule has 0 fully saturated rings. The van der Waals surface area contributed by atoms with Crippen molar-refractivity contribution in [2.45, 2.75) is 32.4 Å². The molecule has 2 unspecified atom stereocenters. The van der Waals surface area contributed by atoms with Crippen LogP contribution in [0.15, 0.2) is 4.52 Å². The van der Waals surface area contributed by atoms with Gasteiger partial charge >= 0.3 is 0 Å². The second-order valence-electron chi connectivity index (χ2n) is 2.91. The van der Waals surface area contributed by atoms with Crippen LogP contribution >= 0.6 is 0 Å². The topological polar surface area (TPSA) is 74.2 Å². The van der Waals surface area contributed by atoms with Crippen molar-refractivity contribution in [1.29, 1.82) is 0 Å². The summed E-state index contributed by atoms with van der Waals surface area (Å²) in [6.45, 7) is 3.79. The van der Waals surface area contributed by atoms with Crippen LogP contribution in [0.2, 0.25) is 0 Å². The first-order valence-electron chi connectivity index (χ1n) is 4.30. The van der Waals surface area contributed by atoms with Gasteiger partial charge in [-0.2, -0.15) is 4.98 Å². The zero-order chi connectivity index (χ0) is 9.84. The molecule has 1 aromatic heterocycles. The molecule has 5 heteroatoms. The number of nitrogens with two attached hydrogens (primary N) is 1. The van der Waals surface area contributed by atoms with Gasteiger partial charge in [-0.25, -0.2) is 0 Å². The monoisotopic (exact) mass is 185 g/mol. The van der Waals surface area contributed by atoms with Crippen molar-refractivity contribution < 1.29 is 9.26 Å². The van der Waals surface area contributed by atoms with Crippen molar-refractivity contribution >= 4 is 0 Å². The van der Waals surface area contributed by atoms with E-state index in [1.165, 1.54) is 0 Å². The van der Waals surface area contributed by atoms with E-state index in [0.717, 1.165) is 6.42 Å². The van der Waals surface area contributed by atoms with Crippen molar-refractivity contribution in [3.05, 3.63) is 11.7 Å². The van der Waals surface area contributed by atoms with Crippen molar-refractivity contribution in [3.8, 4) is 0 Å². The van der Waals surface area contributed by atoms with E-state index < -0.39 is 0 Å². The minimum Gasteiger partial charge on any atom is -0.373 e. The van der Waals surface area contributed by atoms with Gasteiger partial charge in [0.2, 0.25) is 11.7 Å². The van der Waals surface area contributed by atoms with E-state index >= 15 is 0 Å².